The smallest absolute Gasteiger partial charge is 0.410 e. The van der Waals surface area contributed by atoms with Gasteiger partial charge in [0.25, 0.3) is 0 Å². The van der Waals surface area contributed by atoms with Gasteiger partial charge in [0.1, 0.15) is 11.2 Å². The second-order valence-electron chi connectivity index (χ2n) is 7.83. The van der Waals surface area contributed by atoms with E-state index in [2.05, 4.69) is 0 Å². The summed E-state index contributed by atoms with van der Waals surface area (Å²) in [5.74, 6) is 0. The van der Waals surface area contributed by atoms with Crippen LogP contribution in [-0.4, -0.2) is 34.3 Å². The average Bonchev–Trinajstić information content (AvgIpc) is 3.11. The van der Waals surface area contributed by atoms with E-state index in [1.807, 2.05) is 81.4 Å². The zero-order valence-electron chi connectivity index (χ0n) is 15.7. The fourth-order valence-electron chi connectivity index (χ4n) is 3.68. The van der Waals surface area contributed by atoms with Crippen LogP contribution >= 0.6 is 0 Å². The van der Waals surface area contributed by atoms with E-state index in [-0.39, 0.29) is 12.1 Å². The Kier molecular flexibility index (Phi) is 5.05. The van der Waals surface area contributed by atoms with Crippen molar-refractivity contribution in [1.29, 1.82) is 0 Å². The zero-order chi connectivity index (χ0) is 18.8. The van der Waals surface area contributed by atoms with Gasteiger partial charge in [-0.15, -0.1) is 0 Å². The van der Waals surface area contributed by atoms with Crippen LogP contribution in [0.4, 0.5) is 4.79 Å². The van der Waals surface area contributed by atoms with Crippen LogP contribution in [0, 0.1) is 0 Å². The van der Waals surface area contributed by atoms with Gasteiger partial charge in [0.15, 0.2) is 0 Å². The third kappa shape index (κ3) is 3.61. The van der Waals surface area contributed by atoms with Crippen molar-refractivity contribution < 1.29 is 14.6 Å². The summed E-state index contributed by atoms with van der Waals surface area (Å²) in [6.07, 6.45) is 1.19. The number of hydrogen-bond acceptors (Lipinski definition) is 3. The maximum absolute atomic E-state index is 12.8. The maximum atomic E-state index is 12.8. The van der Waals surface area contributed by atoms with Crippen molar-refractivity contribution in [3.8, 4) is 0 Å². The van der Waals surface area contributed by atoms with Crippen LogP contribution in [0.15, 0.2) is 60.7 Å². The highest BCUT2D eigenvalue weighted by Gasteiger charge is 2.48. The summed E-state index contributed by atoms with van der Waals surface area (Å²) in [5.41, 5.74) is -0.282. The minimum Gasteiger partial charge on any atom is -0.444 e. The van der Waals surface area contributed by atoms with Crippen LogP contribution in [0.3, 0.4) is 0 Å². The Labute approximate surface area is 155 Å². The van der Waals surface area contributed by atoms with Crippen molar-refractivity contribution in [2.45, 2.75) is 50.9 Å². The molecule has 3 rings (SSSR count). The molecule has 1 amide bonds. The van der Waals surface area contributed by atoms with Crippen molar-refractivity contribution in [1.82, 2.24) is 4.90 Å². The predicted octanol–water partition coefficient (Wildman–Crippen LogP) is 4.32. The molecule has 2 aromatic rings. The lowest BCUT2D eigenvalue weighted by molar-refractivity contribution is -0.0248. The molecule has 1 fully saturated rings. The summed E-state index contributed by atoms with van der Waals surface area (Å²) in [5, 5.41) is 11.9. The summed E-state index contributed by atoms with van der Waals surface area (Å²) in [7, 11) is 0. The monoisotopic (exact) mass is 353 g/mol. The summed E-state index contributed by atoms with van der Waals surface area (Å²) >= 11 is 0. The van der Waals surface area contributed by atoms with E-state index in [9.17, 15) is 9.90 Å². The van der Waals surface area contributed by atoms with E-state index in [0.29, 0.717) is 6.54 Å². The second kappa shape index (κ2) is 7.12. The second-order valence-corrected chi connectivity index (χ2v) is 7.83. The quantitative estimate of drug-likeness (QED) is 0.894. The summed E-state index contributed by atoms with van der Waals surface area (Å²) in [6, 6.07) is 18.8. The van der Waals surface area contributed by atoms with Crippen LogP contribution in [0.1, 0.15) is 44.7 Å². The number of carbonyl (C=O) groups is 1. The number of hydrogen-bond donors (Lipinski definition) is 1. The van der Waals surface area contributed by atoms with Gasteiger partial charge in [-0.3, -0.25) is 0 Å². The molecule has 0 aliphatic carbocycles. The molecule has 0 bridgehead atoms. The van der Waals surface area contributed by atoms with Crippen molar-refractivity contribution in [2.75, 3.05) is 6.54 Å². The third-order valence-corrected chi connectivity index (χ3v) is 4.79. The number of amides is 1. The molecule has 2 aromatic carbocycles. The molecule has 1 aliphatic rings. The molecule has 1 atom stereocenters. The number of carbonyl (C=O) groups excluding carboxylic acids is 1. The summed E-state index contributed by atoms with van der Waals surface area (Å²) in [4.78, 5) is 14.5. The third-order valence-electron chi connectivity index (χ3n) is 4.79. The van der Waals surface area contributed by atoms with Crippen LogP contribution in [0.2, 0.25) is 0 Å². The molecule has 1 unspecified atom stereocenters. The Morgan fingerprint density at radius 2 is 1.50 bits per heavy atom. The highest BCUT2D eigenvalue weighted by Crippen LogP contribution is 2.40. The topological polar surface area (TPSA) is 49.8 Å². The maximum Gasteiger partial charge on any atom is 0.410 e. The molecule has 1 N–H and O–H groups in total. The standard InChI is InChI=1S/C22H27NO3/c1-21(2,3)26-20(24)23-16-10-15-19(23)22(25,17-11-6-4-7-12-17)18-13-8-5-9-14-18/h4-9,11-14,19,25H,10,15-16H2,1-3H3. The van der Waals surface area contributed by atoms with Gasteiger partial charge in [0.05, 0.1) is 6.04 Å². The Bertz CT molecular complexity index is 697. The summed E-state index contributed by atoms with van der Waals surface area (Å²) < 4.78 is 5.59. The number of nitrogens with zero attached hydrogens (tertiary/aromatic N) is 1. The molecule has 1 saturated heterocycles. The van der Waals surface area contributed by atoms with Crippen molar-refractivity contribution >= 4 is 6.09 Å². The van der Waals surface area contributed by atoms with Crippen LogP contribution in [0.25, 0.3) is 0 Å². The fraction of sp³-hybridized carbons (Fsp3) is 0.409. The minimum absolute atomic E-state index is 0.370. The fourth-order valence-corrected chi connectivity index (χ4v) is 3.68. The number of aliphatic hydroxyl groups is 1. The lowest BCUT2D eigenvalue weighted by Gasteiger charge is -2.40. The molecule has 0 spiro atoms. The first kappa shape index (κ1) is 18.5. The van der Waals surface area contributed by atoms with Crippen molar-refractivity contribution in [3.05, 3.63) is 71.8 Å². The van der Waals surface area contributed by atoms with Gasteiger partial charge in [-0.05, 0) is 44.7 Å². The van der Waals surface area contributed by atoms with Gasteiger partial charge in [0, 0.05) is 6.54 Å². The predicted molar refractivity (Wildman–Crippen MR) is 102 cm³/mol. The van der Waals surface area contributed by atoms with E-state index < -0.39 is 11.2 Å². The molecule has 1 heterocycles. The van der Waals surface area contributed by atoms with Crippen LogP contribution in [0.5, 0.6) is 0 Å². The largest absolute Gasteiger partial charge is 0.444 e. The molecular formula is C22H27NO3. The first-order valence-electron chi connectivity index (χ1n) is 9.15. The number of benzene rings is 2. The molecule has 26 heavy (non-hydrogen) atoms. The van der Waals surface area contributed by atoms with Gasteiger partial charge in [-0.1, -0.05) is 60.7 Å². The van der Waals surface area contributed by atoms with Crippen LogP contribution in [-0.2, 0) is 10.3 Å². The Hall–Kier alpha value is -2.33. The molecule has 4 nitrogen and oxygen atoms in total. The van der Waals surface area contributed by atoms with Crippen molar-refractivity contribution in [3.63, 3.8) is 0 Å². The SMILES string of the molecule is CC(C)(C)OC(=O)N1CCCC1C(O)(c1ccccc1)c1ccccc1. The van der Waals surface area contributed by atoms with E-state index in [0.717, 1.165) is 24.0 Å². The van der Waals surface area contributed by atoms with E-state index in [1.165, 1.54) is 0 Å². The lowest BCUT2D eigenvalue weighted by atomic mass is 9.79. The van der Waals surface area contributed by atoms with E-state index in [4.69, 9.17) is 4.74 Å². The number of likely N-dealkylation sites (tertiary alicyclic amines) is 1. The van der Waals surface area contributed by atoms with E-state index >= 15 is 0 Å². The zero-order valence-corrected chi connectivity index (χ0v) is 15.7. The Morgan fingerprint density at radius 3 is 1.96 bits per heavy atom. The number of ether oxygens (including phenoxy) is 1. The Morgan fingerprint density at radius 1 is 1.00 bits per heavy atom. The first-order valence-corrected chi connectivity index (χ1v) is 9.15. The first-order chi connectivity index (χ1) is 12.3. The van der Waals surface area contributed by atoms with Gasteiger partial charge >= 0.3 is 6.09 Å². The minimum atomic E-state index is -1.28. The molecule has 1 aliphatic heterocycles. The van der Waals surface area contributed by atoms with E-state index in [1.54, 1.807) is 4.90 Å². The molecular weight excluding hydrogens is 326 g/mol. The molecule has 0 aromatic heterocycles. The average molecular weight is 353 g/mol. The molecule has 4 heteroatoms. The molecule has 138 valence electrons. The summed E-state index contributed by atoms with van der Waals surface area (Å²) in [6.45, 7) is 6.16. The van der Waals surface area contributed by atoms with Gasteiger partial charge in [0.2, 0.25) is 0 Å². The molecule has 0 radical (unpaired) electrons. The Balaban J connectivity index is 2.03. The van der Waals surface area contributed by atoms with Gasteiger partial charge < -0.3 is 14.7 Å². The molecule has 0 saturated carbocycles. The normalized spacial score (nSPS) is 18.0. The van der Waals surface area contributed by atoms with Gasteiger partial charge in [-0.25, -0.2) is 4.79 Å². The highest BCUT2D eigenvalue weighted by molar-refractivity contribution is 5.69. The lowest BCUT2D eigenvalue weighted by Crippen LogP contribution is -2.51. The van der Waals surface area contributed by atoms with Crippen LogP contribution < -0.4 is 0 Å². The van der Waals surface area contributed by atoms with Crippen molar-refractivity contribution in [2.24, 2.45) is 0 Å². The number of rotatable bonds is 3. The van der Waals surface area contributed by atoms with Gasteiger partial charge in [-0.2, -0.15) is 0 Å². The highest BCUT2D eigenvalue weighted by atomic mass is 16.6.